The van der Waals surface area contributed by atoms with Gasteiger partial charge in [-0.15, -0.1) is 0 Å². The van der Waals surface area contributed by atoms with Gasteiger partial charge in [-0.3, -0.25) is 0 Å². The fourth-order valence-electron chi connectivity index (χ4n) is 4.50. The fourth-order valence-corrected chi connectivity index (χ4v) is 4.50. The number of halogens is 1. The van der Waals surface area contributed by atoms with Gasteiger partial charge in [0, 0.05) is 0 Å². The summed E-state index contributed by atoms with van der Waals surface area (Å²) < 4.78 is 12.0. The van der Waals surface area contributed by atoms with E-state index in [9.17, 15) is 4.39 Å². The molecule has 0 aromatic heterocycles. The number of rotatable bonds is 5. The maximum Gasteiger partial charge on any atom is 0.0827 e. The van der Waals surface area contributed by atoms with Gasteiger partial charge in [0.25, 0.3) is 0 Å². The molecule has 0 bridgehead atoms. The van der Waals surface area contributed by atoms with Crippen LogP contribution in [0.4, 0.5) is 4.39 Å². The summed E-state index contributed by atoms with van der Waals surface area (Å²) in [5, 5.41) is 0. The van der Waals surface area contributed by atoms with Gasteiger partial charge in [0.15, 0.2) is 0 Å². The van der Waals surface area contributed by atoms with Gasteiger partial charge in [0.2, 0.25) is 0 Å². The van der Waals surface area contributed by atoms with Crippen molar-refractivity contribution in [1.29, 1.82) is 0 Å². The first-order valence-corrected chi connectivity index (χ1v) is 8.58. The lowest BCUT2D eigenvalue weighted by atomic mass is 9.68. The average molecular weight is 266 g/mol. The summed E-state index contributed by atoms with van der Waals surface area (Å²) in [6.45, 7) is 2.32. The molecule has 0 aliphatic heterocycles. The predicted octanol–water partition coefficient (Wildman–Crippen LogP) is 6.27. The lowest BCUT2D eigenvalue weighted by Crippen LogP contribution is -2.25. The molecule has 0 radical (unpaired) electrons. The minimum atomic E-state index is 0.723. The van der Waals surface area contributed by atoms with Crippen molar-refractivity contribution in [1.82, 2.24) is 0 Å². The Hall–Kier alpha value is -0.330. The first-order chi connectivity index (χ1) is 9.33. The molecular formula is C18H31F. The fraction of sp³-hybridized carbons (Fsp3) is 0.889. The highest BCUT2D eigenvalue weighted by atomic mass is 19.1. The molecule has 0 amide bonds. The first kappa shape index (κ1) is 15.1. The molecule has 0 spiro atoms. The van der Waals surface area contributed by atoms with E-state index in [0.717, 1.165) is 36.4 Å². The summed E-state index contributed by atoms with van der Waals surface area (Å²) in [4.78, 5) is 0. The van der Waals surface area contributed by atoms with Crippen LogP contribution in [0.15, 0.2) is 12.4 Å². The van der Waals surface area contributed by atoms with Crippen molar-refractivity contribution in [3.8, 4) is 0 Å². The number of hydrogen-bond donors (Lipinski definition) is 0. The van der Waals surface area contributed by atoms with E-state index in [1.807, 2.05) is 0 Å². The second-order valence-corrected chi connectivity index (χ2v) is 6.95. The highest BCUT2D eigenvalue weighted by molar-refractivity contribution is 4.85. The standard InChI is InChI=1S/C18H31F/c1-2-4-15-6-10-17(11-7-15)18-12-8-16(9-13-18)5-3-14-19/h3,14-18H,2,4-13H2,1H3/b14-3+/t15-,16-,17-,18-. The molecule has 19 heavy (non-hydrogen) atoms. The van der Waals surface area contributed by atoms with Crippen LogP contribution in [0.1, 0.15) is 77.6 Å². The normalized spacial score (nSPS) is 36.7. The molecule has 0 unspecified atom stereocenters. The van der Waals surface area contributed by atoms with Crippen LogP contribution in [0.25, 0.3) is 0 Å². The summed E-state index contributed by atoms with van der Waals surface area (Å²) in [6.07, 6.45) is 17.7. The lowest BCUT2D eigenvalue weighted by Gasteiger charge is -2.37. The Labute approximate surface area is 118 Å². The minimum Gasteiger partial charge on any atom is -0.216 e. The van der Waals surface area contributed by atoms with Crippen LogP contribution in [-0.2, 0) is 0 Å². The summed E-state index contributed by atoms with van der Waals surface area (Å²) in [5.74, 6) is 3.81. The molecule has 2 saturated carbocycles. The van der Waals surface area contributed by atoms with Crippen molar-refractivity contribution in [3.05, 3.63) is 12.4 Å². The molecule has 0 N–H and O–H groups in total. The lowest BCUT2D eigenvalue weighted by molar-refractivity contribution is 0.144. The van der Waals surface area contributed by atoms with Crippen molar-refractivity contribution in [2.75, 3.05) is 0 Å². The summed E-state index contributed by atoms with van der Waals surface area (Å²) in [6, 6.07) is 0. The van der Waals surface area contributed by atoms with Gasteiger partial charge in [0.05, 0.1) is 6.33 Å². The molecule has 0 aromatic rings. The second-order valence-electron chi connectivity index (χ2n) is 6.95. The van der Waals surface area contributed by atoms with Gasteiger partial charge in [-0.2, -0.15) is 0 Å². The second kappa shape index (κ2) is 8.07. The zero-order chi connectivity index (χ0) is 13.5. The molecule has 0 saturated heterocycles. The third-order valence-corrected chi connectivity index (χ3v) is 5.70. The molecule has 2 aliphatic carbocycles. The molecule has 2 fully saturated rings. The molecule has 2 rings (SSSR count). The van der Waals surface area contributed by atoms with E-state index in [2.05, 4.69) is 6.92 Å². The zero-order valence-corrected chi connectivity index (χ0v) is 12.6. The van der Waals surface area contributed by atoms with Gasteiger partial charge >= 0.3 is 0 Å². The van der Waals surface area contributed by atoms with Gasteiger partial charge in [-0.05, 0) is 68.6 Å². The topological polar surface area (TPSA) is 0 Å². The highest BCUT2D eigenvalue weighted by Crippen LogP contribution is 2.42. The smallest absolute Gasteiger partial charge is 0.0827 e. The van der Waals surface area contributed by atoms with Gasteiger partial charge < -0.3 is 0 Å². The Morgan fingerprint density at radius 3 is 1.84 bits per heavy atom. The van der Waals surface area contributed by atoms with E-state index in [4.69, 9.17) is 0 Å². The molecule has 0 heterocycles. The summed E-state index contributed by atoms with van der Waals surface area (Å²) in [7, 11) is 0. The summed E-state index contributed by atoms with van der Waals surface area (Å²) in [5.41, 5.74) is 0. The first-order valence-electron chi connectivity index (χ1n) is 8.58. The third-order valence-electron chi connectivity index (χ3n) is 5.70. The van der Waals surface area contributed by atoms with Crippen LogP contribution >= 0.6 is 0 Å². The van der Waals surface area contributed by atoms with E-state index in [1.54, 1.807) is 6.08 Å². The maximum atomic E-state index is 12.0. The quantitative estimate of drug-likeness (QED) is 0.550. The van der Waals surface area contributed by atoms with E-state index in [-0.39, 0.29) is 0 Å². The van der Waals surface area contributed by atoms with E-state index in [0.29, 0.717) is 0 Å². The highest BCUT2D eigenvalue weighted by Gasteiger charge is 2.30. The zero-order valence-electron chi connectivity index (χ0n) is 12.6. The average Bonchev–Trinajstić information content (AvgIpc) is 2.47. The van der Waals surface area contributed by atoms with Gasteiger partial charge in [-0.1, -0.05) is 38.7 Å². The van der Waals surface area contributed by atoms with Crippen molar-refractivity contribution < 1.29 is 4.39 Å². The Bertz CT molecular complexity index is 255. The number of allylic oxidation sites excluding steroid dienone is 1. The van der Waals surface area contributed by atoms with Gasteiger partial charge in [-0.25, -0.2) is 4.39 Å². The van der Waals surface area contributed by atoms with Crippen LogP contribution < -0.4 is 0 Å². The maximum absolute atomic E-state index is 12.0. The predicted molar refractivity (Wildman–Crippen MR) is 80.7 cm³/mol. The molecule has 2 aliphatic rings. The van der Waals surface area contributed by atoms with Crippen LogP contribution in [0.3, 0.4) is 0 Å². The van der Waals surface area contributed by atoms with Crippen molar-refractivity contribution in [2.24, 2.45) is 23.7 Å². The van der Waals surface area contributed by atoms with Crippen LogP contribution in [0.5, 0.6) is 0 Å². The Balaban J connectivity index is 1.68. The van der Waals surface area contributed by atoms with Crippen molar-refractivity contribution >= 4 is 0 Å². The van der Waals surface area contributed by atoms with Crippen LogP contribution in [0, 0.1) is 23.7 Å². The monoisotopic (exact) mass is 266 g/mol. The molecule has 1 heteroatoms. The minimum absolute atomic E-state index is 0.723. The van der Waals surface area contributed by atoms with Crippen LogP contribution in [0.2, 0.25) is 0 Å². The molecule has 0 aromatic carbocycles. The largest absolute Gasteiger partial charge is 0.216 e. The molecule has 110 valence electrons. The number of hydrogen-bond acceptors (Lipinski definition) is 0. The Morgan fingerprint density at radius 1 is 0.842 bits per heavy atom. The van der Waals surface area contributed by atoms with E-state index < -0.39 is 0 Å². The molecule has 0 nitrogen and oxygen atoms in total. The van der Waals surface area contributed by atoms with Crippen LogP contribution in [-0.4, -0.2) is 0 Å². The van der Waals surface area contributed by atoms with E-state index in [1.165, 1.54) is 64.2 Å². The summed E-state index contributed by atoms with van der Waals surface area (Å²) >= 11 is 0. The van der Waals surface area contributed by atoms with E-state index >= 15 is 0 Å². The Morgan fingerprint density at radius 2 is 1.37 bits per heavy atom. The van der Waals surface area contributed by atoms with Crippen molar-refractivity contribution in [2.45, 2.75) is 77.6 Å². The Kier molecular flexibility index (Phi) is 6.40. The SMILES string of the molecule is CCC[C@H]1CC[C@H]([C@H]2CC[C@H](C/C=C/F)CC2)CC1. The van der Waals surface area contributed by atoms with Gasteiger partial charge in [0.1, 0.15) is 0 Å². The third kappa shape index (κ3) is 4.61. The van der Waals surface area contributed by atoms with Crippen molar-refractivity contribution in [3.63, 3.8) is 0 Å². The molecular weight excluding hydrogens is 235 g/mol. The molecule has 0 atom stereocenters.